The van der Waals surface area contributed by atoms with Crippen LogP contribution >= 0.6 is 0 Å². The molecule has 1 saturated heterocycles. The van der Waals surface area contributed by atoms with E-state index in [1.807, 2.05) is 58.0 Å². The Labute approximate surface area is 146 Å². The Bertz CT molecular complexity index is 457. The zero-order valence-corrected chi connectivity index (χ0v) is 15.7. The molecule has 5 heteroatoms. The third-order valence-corrected chi connectivity index (χ3v) is 3.37. The number of carbonyl (C=O) groups is 2. The van der Waals surface area contributed by atoms with Crippen LogP contribution in [0.5, 0.6) is 0 Å². The van der Waals surface area contributed by atoms with Gasteiger partial charge in [0.05, 0.1) is 13.2 Å². The molecule has 24 heavy (non-hydrogen) atoms. The first-order chi connectivity index (χ1) is 11.7. The quantitative estimate of drug-likeness (QED) is 0.910. The molecule has 1 heterocycles. The van der Waals surface area contributed by atoms with Crippen molar-refractivity contribution in [3.8, 4) is 0 Å². The van der Waals surface area contributed by atoms with E-state index in [0.29, 0.717) is 32.7 Å². The van der Waals surface area contributed by atoms with Crippen LogP contribution in [0.1, 0.15) is 52.6 Å². The molecule has 0 spiro atoms. The molecule has 0 saturated carbocycles. The number of morpholine rings is 1. The third-order valence-electron chi connectivity index (χ3n) is 3.37. The number of nitrogens with one attached hydrogen (secondary N) is 1. The lowest BCUT2D eigenvalue weighted by molar-refractivity contribution is -0.120. The second-order valence-electron chi connectivity index (χ2n) is 4.71. The van der Waals surface area contributed by atoms with E-state index in [-0.39, 0.29) is 11.8 Å². The van der Waals surface area contributed by atoms with Crippen molar-refractivity contribution in [1.29, 1.82) is 0 Å². The third kappa shape index (κ3) is 7.13. The molecule has 0 radical (unpaired) electrons. The largest absolute Gasteiger partial charge is 0.378 e. The minimum Gasteiger partial charge on any atom is -0.378 e. The lowest BCUT2D eigenvalue weighted by Gasteiger charge is -2.29. The summed E-state index contributed by atoms with van der Waals surface area (Å²) >= 11 is 0. The summed E-state index contributed by atoms with van der Waals surface area (Å²) in [5.41, 5.74) is 0.820. The van der Waals surface area contributed by atoms with E-state index >= 15 is 0 Å². The predicted octanol–water partition coefficient (Wildman–Crippen LogP) is 3.80. The molecule has 0 aromatic heterocycles. The molecule has 5 nitrogen and oxygen atoms in total. The van der Waals surface area contributed by atoms with Crippen LogP contribution in [0.2, 0.25) is 0 Å². The van der Waals surface area contributed by atoms with Crippen LogP contribution in [0.15, 0.2) is 30.3 Å². The summed E-state index contributed by atoms with van der Waals surface area (Å²) in [7, 11) is 0. The van der Waals surface area contributed by atoms with Crippen LogP contribution in [0.3, 0.4) is 0 Å². The lowest BCUT2D eigenvalue weighted by atomic mass is 10.0. The minimum atomic E-state index is -0.573. The molecule has 2 amide bonds. The fourth-order valence-corrected chi connectivity index (χ4v) is 2.18. The van der Waals surface area contributed by atoms with Gasteiger partial charge < -0.3 is 15.0 Å². The molecule has 1 N–H and O–H groups in total. The predicted molar refractivity (Wildman–Crippen MR) is 98.1 cm³/mol. The summed E-state index contributed by atoms with van der Waals surface area (Å²) < 4.78 is 5.22. The van der Waals surface area contributed by atoms with Gasteiger partial charge in [0.15, 0.2) is 5.78 Å². The van der Waals surface area contributed by atoms with Crippen molar-refractivity contribution in [1.82, 2.24) is 10.2 Å². The van der Waals surface area contributed by atoms with E-state index in [0.717, 1.165) is 5.56 Å². The number of amides is 2. The highest BCUT2D eigenvalue weighted by molar-refractivity contribution is 5.89. The number of hydrogen-bond acceptors (Lipinski definition) is 3. The van der Waals surface area contributed by atoms with Crippen molar-refractivity contribution in [2.75, 3.05) is 26.3 Å². The number of ether oxygens (including phenoxy) is 1. The van der Waals surface area contributed by atoms with Gasteiger partial charge in [0.2, 0.25) is 0 Å². The summed E-state index contributed by atoms with van der Waals surface area (Å²) in [6.07, 6.45) is 0.392. The number of nitrogens with zero attached hydrogens (tertiary/aromatic N) is 1. The summed E-state index contributed by atoms with van der Waals surface area (Å²) in [6.45, 7) is 12.0. The van der Waals surface area contributed by atoms with Gasteiger partial charge >= 0.3 is 6.03 Å². The van der Waals surface area contributed by atoms with Crippen molar-refractivity contribution in [2.45, 2.75) is 47.1 Å². The summed E-state index contributed by atoms with van der Waals surface area (Å²) in [4.78, 5) is 26.0. The van der Waals surface area contributed by atoms with E-state index in [2.05, 4.69) is 5.32 Å². The van der Waals surface area contributed by atoms with Crippen LogP contribution in [0, 0.1) is 0 Å². The fraction of sp³-hybridized carbons (Fsp3) is 0.579. The second-order valence-corrected chi connectivity index (χ2v) is 4.71. The van der Waals surface area contributed by atoms with Crippen LogP contribution in [0.25, 0.3) is 0 Å². The molecule has 1 aromatic carbocycles. The molecule has 1 aliphatic heterocycles. The van der Waals surface area contributed by atoms with E-state index in [1.54, 1.807) is 11.8 Å². The molecular formula is C19H32N2O3. The topological polar surface area (TPSA) is 58.6 Å². The van der Waals surface area contributed by atoms with Gasteiger partial charge in [-0.05, 0) is 5.56 Å². The van der Waals surface area contributed by atoms with Gasteiger partial charge in [-0.2, -0.15) is 0 Å². The SMILES string of the molecule is CC.CC.CCC(=O)C(NC(=O)N1CCOCC1)c1ccccc1. The minimum absolute atomic E-state index is 0.0119. The number of carbonyl (C=O) groups excluding carboxylic acids is 2. The highest BCUT2D eigenvalue weighted by atomic mass is 16.5. The molecule has 1 aromatic rings. The lowest BCUT2D eigenvalue weighted by Crippen LogP contribution is -2.48. The van der Waals surface area contributed by atoms with E-state index in [4.69, 9.17) is 4.74 Å². The molecule has 0 bridgehead atoms. The number of rotatable bonds is 4. The Balaban J connectivity index is 0.00000123. The highest BCUT2D eigenvalue weighted by Crippen LogP contribution is 2.16. The first-order valence-corrected chi connectivity index (χ1v) is 8.93. The number of urea groups is 1. The Morgan fingerprint density at radius 2 is 1.62 bits per heavy atom. The van der Waals surface area contributed by atoms with Gasteiger partial charge in [-0.3, -0.25) is 4.79 Å². The number of benzene rings is 1. The average molecular weight is 336 g/mol. The normalized spacial score (nSPS) is 14.3. The molecule has 1 unspecified atom stereocenters. The van der Waals surface area contributed by atoms with Gasteiger partial charge in [-0.15, -0.1) is 0 Å². The molecule has 0 aliphatic carbocycles. The molecule has 2 rings (SSSR count). The molecular weight excluding hydrogens is 304 g/mol. The Morgan fingerprint density at radius 3 is 2.12 bits per heavy atom. The fourth-order valence-electron chi connectivity index (χ4n) is 2.18. The standard InChI is InChI=1S/C15H20N2O3.2C2H6/c1-2-13(18)14(12-6-4-3-5-7-12)16-15(19)17-8-10-20-11-9-17;2*1-2/h3-7,14H,2,8-11H2,1H3,(H,16,19);2*1-2H3. The molecule has 1 fully saturated rings. The smallest absolute Gasteiger partial charge is 0.318 e. The number of ketones is 1. The number of hydrogen-bond donors (Lipinski definition) is 1. The molecule has 136 valence electrons. The second kappa shape index (κ2) is 13.5. The van der Waals surface area contributed by atoms with Crippen molar-refractivity contribution in [3.05, 3.63) is 35.9 Å². The van der Waals surface area contributed by atoms with Crippen molar-refractivity contribution in [3.63, 3.8) is 0 Å². The van der Waals surface area contributed by atoms with Gasteiger partial charge in [-0.1, -0.05) is 65.0 Å². The first kappa shape index (κ1) is 22.1. The van der Waals surface area contributed by atoms with Gasteiger partial charge in [0, 0.05) is 19.5 Å². The summed E-state index contributed by atoms with van der Waals surface area (Å²) in [6, 6.07) is 8.56. The van der Waals surface area contributed by atoms with E-state index in [1.165, 1.54) is 0 Å². The maximum atomic E-state index is 12.2. The van der Waals surface area contributed by atoms with Crippen LogP contribution in [-0.2, 0) is 9.53 Å². The van der Waals surface area contributed by atoms with Gasteiger partial charge in [0.1, 0.15) is 6.04 Å². The van der Waals surface area contributed by atoms with Crippen molar-refractivity contribution >= 4 is 11.8 Å². The summed E-state index contributed by atoms with van der Waals surface area (Å²) in [5.74, 6) is 0.0119. The van der Waals surface area contributed by atoms with Crippen LogP contribution < -0.4 is 5.32 Å². The van der Waals surface area contributed by atoms with Crippen molar-refractivity contribution in [2.24, 2.45) is 0 Å². The molecule has 1 atom stereocenters. The summed E-state index contributed by atoms with van der Waals surface area (Å²) in [5, 5.41) is 2.84. The maximum Gasteiger partial charge on any atom is 0.318 e. The monoisotopic (exact) mass is 336 g/mol. The zero-order chi connectivity index (χ0) is 18.4. The zero-order valence-electron chi connectivity index (χ0n) is 15.7. The van der Waals surface area contributed by atoms with Crippen LogP contribution in [-0.4, -0.2) is 43.0 Å². The van der Waals surface area contributed by atoms with E-state index in [9.17, 15) is 9.59 Å². The maximum absolute atomic E-state index is 12.2. The van der Waals surface area contributed by atoms with Crippen molar-refractivity contribution < 1.29 is 14.3 Å². The van der Waals surface area contributed by atoms with Crippen LogP contribution in [0.4, 0.5) is 4.79 Å². The van der Waals surface area contributed by atoms with E-state index < -0.39 is 6.04 Å². The van der Waals surface area contributed by atoms with Gasteiger partial charge in [0.25, 0.3) is 0 Å². The Morgan fingerprint density at radius 1 is 1.08 bits per heavy atom. The average Bonchev–Trinajstić information content (AvgIpc) is 2.69. The van der Waals surface area contributed by atoms with Gasteiger partial charge in [-0.25, -0.2) is 4.79 Å². The Hall–Kier alpha value is -1.88. The Kier molecular flexibility index (Phi) is 12.5. The molecule has 1 aliphatic rings. The number of Topliss-reactive ketones (excluding diaryl/α,β-unsaturated/α-hetero) is 1. The highest BCUT2D eigenvalue weighted by Gasteiger charge is 2.24. The first-order valence-electron chi connectivity index (χ1n) is 8.93.